The molecule has 1 aliphatic heterocycles. The smallest absolute Gasteiger partial charge is 0.340 e. The Morgan fingerprint density at radius 1 is 1.07 bits per heavy atom. The van der Waals surface area contributed by atoms with E-state index in [1.807, 2.05) is 6.92 Å². The highest BCUT2D eigenvalue weighted by Crippen LogP contribution is 2.27. The Balaban J connectivity index is 1.55. The van der Waals surface area contributed by atoms with Gasteiger partial charge in [0.05, 0.1) is 34.5 Å². The van der Waals surface area contributed by atoms with Crippen molar-refractivity contribution in [1.82, 2.24) is 34.9 Å². The molecule has 0 bridgehead atoms. The fourth-order valence-corrected chi connectivity index (χ4v) is 4.84. The van der Waals surface area contributed by atoms with Crippen molar-refractivity contribution < 1.29 is 9.59 Å². The summed E-state index contributed by atoms with van der Waals surface area (Å²) in [5, 5.41) is 12.4. The van der Waals surface area contributed by atoms with Gasteiger partial charge in [0.2, 0.25) is 5.95 Å². The Labute approximate surface area is 237 Å². The molecule has 2 aromatic carbocycles. The number of nitrogens with zero attached hydrogens (tertiary/aromatic N) is 4. The molecule has 5 rings (SSSR count). The van der Waals surface area contributed by atoms with E-state index >= 15 is 0 Å². The molecule has 4 N–H and O–H groups in total. The second-order valence-corrected chi connectivity index (χ2v) is 10.0. The summed E-state index contributed by atoms with van der Waals surface area (Å²) in [7, 11) is 1.53. The van der Waals surface area contributed by atoms with E-state index in [1.165, 1.54) is 17.7 Å². The summed E-state index contributed by atoms with van der Waals surface area (Å²) in [6.07, 6.45) is 0.275. The number of halogens is 2. The summed E-state index contributed by atoms with van der Waals surface area (Å²) in [4.78, 5) is 59.7. The average Bonchev–Trinajstić information content (AvgIpc) is 3.37. The summed E-state index contributed by atoms with van der Waals surface area (Å²) in [6.45, 7) is 2.01. The van der Waals surface area contributed by atoms with Gasteiger partial charge < -0.3 is 15.5 Å². The van der Waals surface area contributed by atoms with Crippen LogP contribution in [0.5, 0.6) is 0 Å². The van der Waals surface area contributed by atoms with Crippen LogP contribution in [-0.2, 0) is 19.5 Å². The molecule has 14 heteroatoms. The molecule has 0 spiro atoms. The van der Waals surface area contributed by atoms with Crippen molar-refractivity contribution >= 4 is 41.0 Å². The first-order valence-electron chi connectivity index (χ1n) is 12.3. The number of hydrogen-bond acceptors (Lipinski definition) is 7. The van der Waals surface area contributed by atoms with Gasteiger partial charge in [0.15, 0.2) is 0 Å². The molecule has 1 atom stereocenters. The fraction of sp³-hybridized carbons (Fsp3) is 0.231. The predicted molar refractivity (Wildman–Crippen MR) is 149 cm³/mol. The number of rotatable bonds is 6. The average molecular weight is 583 g/mol. The third kappa shape index (κ3) is 5.23. The molecular formula is C26H24Cl2N8O4. The molecule has 0 unspecified atom stereocenters. The van der Waals surface area contributed by atoms with E-state index in [4.69, 9.17) is 28.2 Å². The zero-order valence-corrected chi connectivity index (χ0v) is 22.9. The molecule has 0 fully saturated rings. The Morgan fingerprint density at radius 3 is 2.45 bits per heavy atom. The largest absolute Gasteiger partial charge is 0.355 e. The molecule has 1 aliphatic rings. The van der Waals surface area contributed by atoms with Crippen molar-refractivity contribution in [2.24, 2.45) is 0 Å². The van der Waals surface area contributed by atoms with Gasteiger partial charge in [-0.1, -0.05) is 23.2 Å². The number of H-pyrrole nitrogens is 2. The monoisotopic (exact) mass is 582 g/mol. The van der Waals surface area contributed by atoms with E-state index in [1.54, 1.807) is 41.3 Å². The number of aromatic amines is 2. The van der Waals surface area contributed by atoms with Gasteiger partial charge in [-0.2, -0.15) is 5.10 Å². The normalized spacial score (nSPS) is 14.5. The van der Waals surface area contributed by atoms with Crippen molar-refractivity contribution in [2.45, 2.75) is 32.5 Å². The third-order valence-corrected chi connectivity index (χ3v) is 7.36. The third-order valence-electron chi connectivity index (χ3n) is 6.62. The van der Waals surface area contributed by atoms with Crippen LogP contribution in [0.1, 0.15) is 44.7 Å². The van der Waals surface area contributed by atoms with E-state index in [0.717, 1.165) is 0 Å². The lowest BCUT2D eigenvalue weighted by Gasteiger charge is -2.34. The SMILES string of the molecule is CNC(=O)c1ccc(-n2c(NCc3n[nH]c(=O)[nH]3)nc3c(c2=O)C[C@@H](C)N(C(=O)c2ccc(Cl)c(Cl)c2)C3)cc1. The first-order chi connectivity index (χ1) is 19.2. The number of fused-ring (bicyclic) bond motifs is 1. The first kappa shape index (κ1) is 27.2. The van der Waals surface area contributed by atoms with E-state index in [-0.39, 0.29) is 53.9 Å². The van der Waals surface area contributed by atoms with Gasteiger partial charge in [-0.3, -0.25) is 19.4 Å². The van der Waals surface area contributed by atoms with Crippen molar-refractivity contribution in [3.05, 3.63) is 102 Å². The lowest BCUT2D eigenvalue weighted by Crippen LogP contribution is -2.46. The summed E-state index contributed by atoms with van der Waals surface area (Å²) >= 11 is 12.2. The van der Waals surface area contributed by atoms with E-state index in [0.29, 0.717) is 38.9 Å². The van der Waals surface area contributed by atoms with Crippen LogP contribution in [0.15, 0.2) is 52.1 Å². The van der Waals surface area contributed by atoms with Crippen LogP contribution >= 0.6 is 23.2 Å². The van der Waals surface area contributed by atoms with Crippen LogP contribution in [0, 0.1) is 0 Å². The molecule has 4 aromatic rings. The van der Waals surface area contributed by atoms with Gasteiger partial charge in [-0.05, 0) is 55.8 Å². The molecule has 12 nitrogen and oxygen atoms in total. The quantitative estimate of drug-likeness (QED) is 0.272. The number of nitrogens with one attached hydrogen (secondary N) is 4. The number of benzene rings is 2. The van der Waals surface area contributed by atoms with Crippen LogP contribution in [0.4, 0.5) is 5.95 Å². The Bertz CT molecular complexity index is 1730. The van der Waals surface area contributed by atoms with Gasteiger partial charge >= 0.3 is 5.69 Å². The minimum atomic E-state index is -0.470. The Hall–Kier alpha value is -4.42. The molecule has 0 saturated carbocycles. The number of carbonyl (C=O) groups is 2. The summed E-state index contributed by atoms with van der Waals surface area (Å²) in [5.74, 6) is -0.0414. The Kier molecular flexibility index (Phi) is 7.46. The highest BCUT2D eigenvalue weighted by Gasteiger charge is 2.32. The van der Waals surface area contributed by atoms with Crippen LogP contribution in [0.3, 0.4) is 0 Å². The molecule has 0 radical (unpaired) electrons. The maximum Gasteiger partial charge on any atom is 0.340 e. The van der Waals surface area contributed by atoms with Gasteiger partial charge in [-0.25, -0.2) is 19.4 Å². The minimum Gasteiger partial charge on any atom is -0.355 e. The van der Waals surface area contributed by atoms with E-state index in [9.17, 15) is 19.2 Å². The molecule has 2 aromatic heterocycles. The second-order valence-electron chi connectivity index (χ2n) is 9.22. The van der Waals surface area contributed by atoms with Crippen molar-refractivity contribution in [2.75, 3.05) is 12.4 Å². The first-order valence-corrected chi connectivity index (χ1v) is 13.0. The molecule has 206 valence electrons. The summed E-state index contributed by atoms with van der Waals surface area (Å²) in [5.41, 5.74) is 1.40. The molecule has 0 aliphatic carbocycles. The minimum absolute atomic E-state index is 0.0581. The van der Waals surface area contributed by atoms with E-state index < -0.39 is 5.69 Å². The van der Waals surface area contributed by atoms with Crippen molar-refractivity contribution in [1.29, 1.82) is 0 Å². The maximum atomic E-state index is 13.9. The fourth-order valence-electron chi connectivity index (χ4n) is 4.54. The van der Waals surface area contributed by atoms with Crippen LogP contribution < -0.4 is 21.9 Å². The lowest BCUT2D eigenvalue weighted by atomic mass is 9.98. The van der Waals surface area contributed by atoms with Crippen LogP contribution in [0.2, 0.25) is 10.0 Å². The van der Waals surface area contributed by atoms with Crippen LogP contribution in [-0.4, -0.2) is 54.5 Å². The summed E-state index contributed by atoms with van der Waals surface area (Å²) in [6, 6.07) is 10.9. The zero-order valence-electron chi connectivity index (χ0n) is 21.4. The van der Waals surface area contributed by atoms with E-state index in [2.05, 4.69) is 25.8 Å². The highest BCUT2D eigenvalue weighted by atomic mass is 35.5. The number of aromatic nitrogens is 5. The maximum absolute atomic E-state index is 13.9. The number of carbonyl (C=O) groups excluding carboxylic acids is 2. The van der Waals surface area contributed by atoms with Crippen molar-refractivity contribution in [3.63, 3.8) is 0 Å². The molecule has 40 heavy (non-hydrogen) atoms. The number of amides is 2. The van der Waals surface area contributed by atoms with Gasteiger partial charge in [0.25, 0.3) is 17.4 Å². The Morgan fingerprint density at radius 2 is 1.80 bits per heavy atom. The zero-order chi connectivity index (χ0) is 28.6. The van der Waals surface area contributed by atoms with Gasteiger partial charge in [0.1, 0.15) is 5.82 Å². The molecule has 2 amide bonds. The molecular weight excluding hydrogens is 559 g/mol. The summed E-state index contributed by atoms with van der Waals surface area (Å²) < 4.78 is 1.40. The molecule has 3 heterocycles. The topological polar surface area (TPSA) is 158 Å². The highest BCUT2D eigenvalue weighted by molar-refractivity contribution is 6.42. The van der Waals surface area contributed by atoms with Gasteiger partial charge in [0, 0.05) is 29.8 Å². The predicted octanol–water partition coefficient (Wildman–Crippen LogP) is 2.51. The number of anilines is 1. The standard InChI is InChI=1S/C26H24Cl2N8O4/c1-13-9-17-20(12-35(13)23(38)15-5-8-18(27)19(28)10-15)31-25(30-11-21-32-26(40)34-33-21)36(24(17)39)16-6-3-14(4-7-16)22(37)29-2/h3-8,10,13H,9,11-12H2,1-2H3,(H,29,37)(H,30,31)(H2,32,33,34,40)/t13-/m1/s1. The second kappa shape index (κ2) is 11.0. The molecule has 0 saturated heterocycles. The lowest BCUT2D eigenvalue weighted by molar-refractivity contribution is 0.0653. The number of hydrogen-bond donors (Lipinski definition) is 4. The van der Waals surface area contributed by atoms with Crippen molar-refractivity contribution in [3.8, 4) is 5.69 Å². The van der Waals surface area contributed by atoms with Gasteiger partial charge in [-0.15, -0.1) is 0 Å². The van der Waals surface area contributed by atoms with Crippen LogP contribution in [0.25, 0.3) is 5.69 Å².